The Bertz CT molecular complexity index is 486. The van der Waals surface area contributed by atoms with E-state index in [-0.39, 0.29) is 5.91 Å². The maximum atomic E-state index is 11.8. The number of hydrogen-bond acceptors (Lipinski definition) is 5. The molecule has 0 aliphatic heterocycles. The van der Waals surface area contributed by atoms with Crippen LogP contribution in [0, 0.1) is 0 Å². The molecule has 82 valence electrons. The smallest absolute Gasteiger partial charge is 0.277 e. The van der Waals surface area contributed by atoms with Crippen molar-refractivity contribution in [1.82, 2.24) is 20.0 Å². The summed E-state index contributed by atoms with van der Waals surface area (Å²) in [6, 6.07) is 3.31. The largest absolute Gasteiger partial charge is 0.396 e. The van der Waals surface area contributed by atoms with Crippen molar-refractivity contribution in [3.8, 4) is 0 Å². The summed E-state index contributed by atoms with van der Waals surface area (Å²) in [5, 5.41) is 13.8. The van der Waals surface area contributed by atoms with Gasteiger partial charge in [0.15, 0.2) is 5.82 Å². The Morgan fingerprint density at radius 3 is 2.94 bits per heavy atom. The molecule has 0 aromatic carbocycles. The molecule has 2 rings (SSSR count). The van der Waals surface area contributed by atoms with Crippen LogP contribution >= 0.6 is 0 Å². The fourth-order valence-electron chi connectivity index (χ4n) is 1.28. The zero-order valence-electron chi connectivity index (χ0n) is 8.58. The predicted molar refractivity (Wildman–Crippen MR) is 57.6 cm³/mol. The van der Waals surface area contributed by atoms with Crippen molar-refractivity contribution in [2.45, 2.75) is 0 Å². The van der Waals surface area contributed by atoms with Crippen LogP contribution in [-0.4, -0.2) is 25.9 Å². The first-order valence-electron chi connectivity index (χ1n) is 4.55. The van der Waals surface area contributed by atoms with Gasteiger partial charge in [0.05, 0.1) is 11.9 Å². The van der Waals surface area contributed by atoms with Crippen LogP contribution in [0.25, 0.3) is 0 Å². The Morgan fingerprint density at radius 1 is 1.56 bits per heavy atom. The number of anilines is 2. The second kappa shape index (κ2) is 3.97. The van der Waals surface area contributed by atoms with E-state index in [0.29, 0.717) is 17.2 Å². The van der Waals surface area contributed by atoms with Gasteiger partial charge in [-0.3, -0.25) is 9.48 Å². The maximum absolute atomic E-state index is 11.8. The molecule has 0 aliphatic rings. The van der Waals surface area contributed by atoms with E-state index in [0.717, 1.165) is 0 Å². The Labute approximate surface area is 91.3 Å². The van der Waals surface area contributed by atoms with Crippen molar-refractivity contribution in [3.63, 3.8) is 0 Å². The summed E-state index contributed by atoms with van der Waals surface area (Å²) < 4.78 is 1.40. The predicted octanol–water partition coefficient (Wildman–Crippen LogP) is 0.0446. The monoisotopic (exact) mass is 218 g/mol. The number of nitrogens with two attached hydrogens (primary N) is 1. The molecule has 1 amide bonds. The molecule has 0 aliphatic carbocycles. The van der Waals surface area contributed by atoms with Gasteiger partial charge in [0, 0.05) is 13.2 Å². The van der Waals surface area contributed by atoms with Crippen molar-refractivity contribution in [2.75, 3.05) is 11.1 Å². The van der Waals surface area contributed by atoms with E-state index in [1.807, 2.05) is 0 Å². The van der Waals surface area contributed by atoms with Crippen LogP contribution in [0.15, 0.2) is 24.5 Å². The Morgan fingerprint density at radius 2 is 2.38 bits per heavy atom. The van der Waals surface area contributed by atoms with Gasteiger partial charge in [-0.2, -0.15) is 10.2 Å². The van der Waals surface area contributed by atoms with Crippen LogP contribution in [0.2, 0.25) is 0 Å². The van der Waals surface area contributed by atoms with Crippen molar-refractivity contribution in [1.29, 1.82) is 0 Å². The number of aromatic nitrogens is 4. The van der Waals surface area contributed by atoms with Gasteiger partial charge in [0.2, 0.25) is 0 Å². The third-order valence-electron chi connectivity index (χ3n) is 2.00. The molecular formula is C9H10N6O. The lowest BCUT2D eigenvalue weighted by atomic mass is 10.3. The second-order valence-corrected chi connectivity index (χ2v) is 3.14. The summed E-state index contributed by atoms with van der Waals surface area (Å²) in [4.78, 5) is 11.8. The number of aryl methyl sites for hydroxylation is 1. The Balaban J connectivity index is 2.22. The van der Waals surface area contributed by atoms with Crippen molar-refractivity contribution in [3.05, 3.63) is 30.2 Å². The molecule has 0 radical (unpaired) electrons. The zero-order chi connectivity index (χ0) is 11.5. The number of nitrogens with zero attached hydrogens (tertiary/aromatic N) is 4. The lowest BCUT2D eigenvalue weighted by Gasteiger charge is -2.04. The minimum atomic E-state index is -0.363. The molecule has 0 spiro atoms. The molecule has 2 aromatic rings. The highest BCUT2D eigenvalue weighted by Crippen LogP contribution is 2.11. The van der Waals surface area contributed by atoms with E-state index in [1.165, 1.54) is 17.1 Å². The SMILES string of the molecule is Cn1ncc(N)c1C(=O)Nc1cccnn1. The lowest BCUT2D eigenvalue weighted by Crippen LogP contribution is -2.18. The van der Waals surface area contributed by atoms with Crippen molar-refractivity contribution < 1.29 is 4.79 Å². The van der Waals surface area contributed by atoms with Gasteiger partial charge in [-0.05, 0) is 12.1 Å². The first kappa shape index (κ1) is 10.1. The highest BCUT2D eigenvalue weighted by atomic mass is 16.2. The Kier molecular flexibility index (Phi) is 2.50. The molecule has 16 heavy (non-hydrogen) atoms. The van der Waals surface area contributed by atoms with Gasteiger partial charge >= 0.3 is 0 Å². The lowest BCUT2D eigenvalue weighted by molar-refractivity contribution is 0.101. The van der Waals surface area contributed by atoms with Gasteiger partial charge in [0.1, 0.15) is 5.69 Å². The molecule has 2 aromatic heterocycles. The number of carbonyl (C=O) groups excluding carboxylic acids is 1. The van der Waals surface area contributed by atoms with E-state index in [1.54, 1.807) is 19.2 Å². The number of hydrogen-bond donors (Lipinski definition) is 2. The quantitative estimate of drug-likeness (QED) is 0.741. The van der Waals surface area contributed by atoms with Crippen LogP contribution in [0.3, 0.4) is 0 Å². The minimum absolute atomic E-state index is 0.297. The average Bonchev–Trinajstić information content (AvgIpc) is 2.60. The number of nitrogen functional groups attached to an aromatic ring is 1. The number of rotatable bonds is 2. The van der Waals surface area contributed by atoms with E-state index >= 15 is 0 Å². The summed E-state index contributed by atoms with van der Waals surface area (Å²) in [6.45, 7) is 0. The summed E-state index contributed by atoms with van der Waals surface area (Å²) in [5.41, 5.74) is 6.24. The van der Waals surface area contributed by atoms with E-state index in [4.69, 9.17) is 5.73 Å². The second-order valence-electron chi connectivity index (χ2n) is 3.14. The summed E-state index contributed by atoms with van der Waals surface area (Å²) in [7, 11) is 1.64. The molecule has 7 nitrogen and oxygen atoms in total. The van der Waals surface area contributed by atoms with Gasteiger partial charge in [-0.15, -0.1) is 5.10 Å². The van der Waals surface area contributed by atoms with E-state index < -0.39 is 0 Å². The molecule has 0 atom stereocenters. The first-order chi connectivity index (χ1) is 7.68. The Hall–Kier alpha value is -2.44. The highest BCUT2D eigenvalue weighted by molar-refractivity contribution is 6.05. The summed E-state index contributed by atoms with van der Waals surface area (Å²) in [6.07, 6.45) is 2.94. The zero-order valence-corrected chi connectivity index (χ0v) is 8.58. The molecule has 2 heterocycles. The summed E-state index contributed by atoms with van der Waals surface area (Å²) >= 11 is 0. The fourth-order valence-corrected chi connectivity index (χ4v) is 1.28. The third kappa shape index (κ3) is 1.83. The van der Waals surface area contributed by atoms with Crippen LogP contribution in [0.1, 0.15) is 10.5 Å². The van der Waals surface area contributed by atoms with Crippen LogP contribution in [-0.2, 0) is 7.05 Å². The average molecular weight is 218 g/mol. The van der Waals surface area contributed by atoms with Gasteiger partial charge < -0.3 is 11.1 Å². The molecular weight excluding hydrogens is 208 g/mol. The molecule has 7 heteroatoms. The maximum Gasteiger partial charge on any atom is 0.277 e. The van der Waals surface area contributed by atoms with Crippen molar-refractivity contribution in [2.24, 2.45) is 7.05 Å². The third-order valence-corrected chi connectivity index (χ3v) is 2.00. The first-order valence-corrected chi connectivity index (χ1v) is 4.55. The molecule has 0 saturated carbocycles. The molecule has 0 unspecified atom stereocenters. The number of carbonyl (C=O) groups is 1. The van der Waals surface area contributed by atoms with Crippen LogP contribution < -0.4 is 11.1 Å². The van der Waals surface area contributed by atoms with Crippen LogP contribution in [0.5, 0.6) is 0 Å². The van der Waals surface area contributed by atoms with E-state index in [9.17, 15) is 4.79 Å². The fraction of sp³-hybridized carbons (Fsp3) is 0.111. The topological polar surface area (TPSA) is 98.7 Å². The molecule has 3 N–H and O–H groups in total. The summed E-state index contributed by atoms with van der Waals surface area (Å²) in [5.74, 6) is 0.00565. The normalized spacial score (nSPS) is 10.1. The molecule has 0 bridgehead atoms. The standard InChI is InChI=1S/C9H10N6O/c1-15-8(6(10)5-12-15)9(16)13-7-3-2-4-11-14-7/h2-5H,10H2,1H3,(H,13,14,16). The van der Waals surface area contributed by atoms with Gasteiger partial charge in [-0.1, -0.05) is 0 Å². The molecule has 0 saturated heterocycles. The minimum Gasteiger partial charge on any atom is -0.396 e. The van der Waals surface area contributed by atoms with E-state index in [2.05, 4.69) is 20.6 Å². The highest BCUT2D eigenvalue weighted by Gasteiger charge is 2.15. The van der Waals surface area contributed by atoms with Gasteiger partial charge in [0.25, 0.3) is 5.91 Å². The molecule has 0 fully saturated rings. The number of amides is 1. The van der Waals surface area contributed by atoms with Crippen LogP contribution in [0.4, 0.5) is 11.5 Å². The van der Waals surface area contributed by atoms with Crippen molar-refractivity contribution >= 4 is 17.4 Å². The number of nitrogens with one attached hydrogen (secondary N) is 1. The van der Waals surface area contributed by atoms with Gasteiger partial charge in [-0.25, -0.2) is 0 Å².